The van der Waals surface area contributed by atoms with Crippen LogP contribution in [-0.4, -0.2) is 8.07 Å². The van der Waals surface area contributed by atoms with E-state index in [2.05, 4.69) is 126 Å². The molecule has 4 rings (SSSR count). The minimum atomic E-state index is -2.50. The molecule has 0 amide bonds. The molecule has 0 spiro atoms. The summed E-state index contributed by atoms with van der Waals surface area (Å²) in [6, 6.07) is 36.8. The fraction of sp³-hybridized carbons (Fsp3) is 0.410. The smallest absolute Gasteiger partial charge is 1.00 e. The zero-order chi connectivity index (χ0) is 28.4. The van der Waals surface area contributed by atoms with Gasteiger partial charge in [0, 0.05) is 0 Å². The van der Waals surface area contributed by atoms with Crippen molar-refractivity contribution in [3.8, 4) is 0 Å². The summed E-state index contributed by atoms with van der Waals surface area (Å²) in [6.07, 6.45) is 12.1. The van der Waals surface area contributed by atoms with Gasteiger partial charge in [-0.3, -0.25) is 0 Å². The summed E-state index contributed by atoms with van der Waals surface area (Å²) in [6.45, 7) is 11.5. The third-order valence-corrected chi connectivity index (χ3v) is 13.8. The zero-order valence-electron chi connectivity index (χ0n) is 27.4. The van der Waals surface area contributed by atoms with Crippen molar-refractivity contribution in [1.29, 1.82) is 0 Å². The molecule has 0 saturated heterocycles. The number of hydrogen-bond acceptors (Lipinski definition) is 0. The number of aryl methyl sites for hydroxylation is 3. The second kappa shape index (κ2) is 21.6. The molecule has 5 heteroatoms. The third-order valence-electron chi connectivity index (χ3n) is 9.01. The van der Waals surface area contributed by atoms with Crippen LogP contribution in [0.3, 0.4) is 0 Å². The predicted octanol–water partition coefficient (Wildman–Crippen LogP) is -0.666. The first-order valence-corrected chi connectivity index (χ1v) is 18.1. The quantitative estimate of drug-likeness (QED) is 0.0878. The normalized spacial score (nSPS) is 11.4. The minimum Gasteiger partial charge on any atom is -1.00 e. The van der Waals surface area contributed by atoms with Crippen molar-refractivity contribution >= 4 is 28.8 Å². The summed E-state index contributed by atoms with van der Waals surface area (Å²) in [5.74, 6) is 0.574. The van der Waals surface area contributed by atoms with Crippen molar-refractivity contribution in [3.63, 3.8) is 0 Å². The van der Waals surface area contributed by atoms with Gasteiger partial charge < -0.3 is 37.2 Å². The Labute approximate surface area is 303 Å². The van der Waals surface area contributed by atoms with Crippen molar-refractivity contribution in [2.45, 2.75) is 105 Å². The Hall–Kier alpha value is -1.19. The van der Waals surface area contributed by atoms with Crippen LogP contribution in [0.5, 0.6) is 0 Å². The number of rotatable bonds is 15. The molecule has 0 radical (unpaired) electrons. The molecule has 0 N–H and O–H groups in total. The Morgan fingerprint density at radius 1 is 0.545 bits per heavy atom. The van der Waals surface area contributed by atoms with Crippen molar-refractivity contribution in [2.24, 2.45) is 0 Å². The largest absolute Gasteiger partial charge is 4.00 e. The van der Waals surface area contributed by atoms with Crippen LogP contribution in [0.15, 0.2) is 91.0 Å². The molecule has 1 atom stereocenters. The van der Waals surface area contributed by atoms with E-state index < -0.39 is 8.07 Å². The second-order valence-corrected chi connectivity index (χ2v) is 15.7. The maximum atomic E-state index is 2.56. The monoisotopic (exact) mass is 700 g/mol. The molecule has 4 aromatic rings. The summed E-state index contributed by atoms with van der Waals surface area (Å²) in [7, 11) is -2.50. The molecule has 236 valence electrons. The summed E-state index contributed by atoms with van der Waals surface area (Å²) in [5, 5.41) is 6.01. The van der Waals surface area contributed by atoms with E-state index in [1.165, 1.54) is 87.9 Å². The first-order valence-electron chi connectivity index (χ1n) is 16.1. The molecule has 0 saturated carbocycles. The van der Waals surface area contributed by atoms with Crippen molar-refractivity contribution in [3.05, 3.63) is 113 Å². The molecule has 0 bridgehead atoms. The third kappa shape index (κ3) is 10.2. The number of benzene rings is 3. The van der Waals surface area contributed by atoms with E-state index in [0.29, 0.717) is 5.92 Å². The maximum Gasteiger partial charge on any atom is 4.00 e. The molecule has 0 aliphatic rings. The van der Waals surface area contributed by atoms with E-state index in [9.17, 15) is 0 Å². The van der Waals surface area contributed by atoms with Gasteiger partial charge in [-0.2, -0.15) is 17.7 Å². The van der Waals surface area contributed by atoms with Crippen LogP contribution in [-0.2, 0) is 41.0 Å². The fourth-order valence-corrected chi connectivity index (χ4v) is 10.9. The molecule has 0 aliphatic heterocycles. The number of halogens is 3. The van der Waals surface area contributed by atoms with Gasteiger partial charge in [0.15, 0.2) is 0 Å². The summed E-state index contributed by atoms with van der Waals surface area (Å²) in [5.41, 5.74) is 5.86. The van der Waals surface area contributed by atoms with Crippen molar-refractivity contribution in [1.82, 2.24) is 0 Å². The van der Waals surface area contributed by atoms with Crippen molar-refractivity contribution in [2.75, 3.05) is 0 Å². The first kappa shape index (κ1) is 42.8. The van der Waals surface area contributed by atoms with E-state index in [1.807, 2.05) is 0 Å². The molecular weight excluding hydrogens is 651 g/mol. The molecule has 0 nitrogen and oxygen atoms in total. The standard InChI is InChI=1S/C39H51Si.3ClH.Ti/c1-6-10-13-32-16-23-36(24-17-32)40(39-29-22-35(30-39)31(5)9-4,37-25-18-33(19-26-37)14-11-7-2)38-27-20-34(21-28-38)15-12-8-3;;;;/h16-31H,6-15H2,1-5H3;3*1H;/q-1;;;;+4/p-3. The van der Waals surface area contributed by atoms with Gasteiger partial charge in [-0.25, -0.2) is 6.07 Å². The van der Waals surface area contributed by atoms with E-state index in [-0.39, 0.29) is 58.9 Å². The second-order valence-electron chi connectivity index (χ2n) is 11.9. The van der Waals surface area contributed by atoms with Gasteiger partial charge in [0.25, 0.3) is 0 Å². The molecule has 0 heterocycles. The summed E-state index contributed by atoms with van der Waals surface area (Å²) >= 11 is 0. The van der Waals surface area contributed by atoms with Gasteiger partial charge in [0.05, 0.1) is 0 Å². The SMILES string of the molecule is CCCCc1ccc([Si](c2ccc(CCCC)cc2)(c2ccc(CCCC)cc2)[c-]2ccc(C(C)CC)c2)cc1.[Cl-].[Cl-].[Cl-].[Ti+4]. The zero-order valence-corrected chi connectivity index (χ0v) is 32.3. The first-order chi connectivity index (χ1) is 19.6. The Morgan fingerprint density at radius 3 is 1.18 bits per heavy atom. The van der Waals surface area contributed by atoms with E-state index in [4.69, 9.17) is 0 Å². The van der Waals surface area contributed by atoms with Crippen molar-refractivity contribution < 1.29 is 58.9 Å². The van der Waals surface area contributed by atoms with Crippen LogP contribution >= 0.6 is 0 Å². The van der Waals surface area contributed by atoms with E-state index >= 15 is 0 Å². The van der Waals surface area contributed by atoms with Crippen LogP contribution in [0, 0.1) is 0 Å². The van der Waals surface area contributed by atoms with Gasteiger partial charge in [0.2, 0.25) is 0 Å². The summed E-state index contributed by atoms with van der Waals surface area (Å²) in [4.78, 5) is 0. The van der Waals surface area contributed by atoms with Gasteiger partial charge in [-0.1, -0.05) is 155 Å². The molecule has 1 unspecified atom stereocenters. The van der Waals surface area contributed by atoms with Crippen LogP contribution in [0.25, 0.3) is 0 Å². The average molecular weight is 702 g/mol. The van der Waals surface area contributed by atoms with Crippen LogP contribution in [0.2, 0.25) is 0 Å². The fourth-order valence-electron chi connectivity index (χ4n) is 6.14. The number of unbranched alkanes of at least 4 members (excludes halogenated alkanes) is 3. The van der Waals surface area contributed by atoms with Gasteiger partial charge in [-0.05, 0) is 55.2 Å². The Morgan fingerprint density at radius 2 is 0.886 bits per heavy atom. The van der Waals surface area contributed by atoms with Gasteiger partial charge in [-0.15, -0.1) is 5.19 Å². The minimum absolute atomic E-state index is 0. The van der Waals surface area contributed by atoms with Gasteiger partial charge in [0.1, 0.15) is 8.07 Å². The number of hydrogen-bond donors (Lipinski definition) is 0. The molecule has 0 aromatic heterocycles. The van der Waals surface area contributed by atoms with Crippen LogP contribution in [0.1, 0.15) is 108 Å². The summed E-state index contributed by atoms with van der Waals surface area (Å²) < 4.78 is 0. The molecular formula is C39H51Cl3SiTi. The molecule has 4 aromatic carbocycles. The topological polar surface area (TPSA) is 0 Å². The Balaban J connectivity index is 0.00000462. The molecule has 44 heavy (non-hydrogen) atoms. The predicted molar refractivity (Wildman–Crippen MR) is 180 cm³/mol. The maximum absolute atomic E-state index is 2.56. The van der Waals surface area contributed by atoms with Crippen LogP contribution in [0.4, 0.5) is 0 Å². The van der Waals surface area contributed by atoms with E-state index in [0.717, 1.165) is 19.3 Å². The van der Waals surface area contributed by atoms with E-state index in [1.54, 1.807) is 0 Å². The van der Waals surface area contributed by atoms with Gasteiger partial charge >= 0.3 is 21.7 Å². The molecule has 0 fully saturated rings. The Kier molecular flexibility index (Phi) is 21.0. The van der Waals surface area contributed by atoms with Crippen LogP contribution < -0.4 is 58.0 Å². The molecule has 0 aliphatic carbocycles. The Bertz CT molecular complexity index is 1170. The average Bonchev–Trinajstić information content (AvgIpc) is 3.50.